The van der Waals surface area contributed by atoms with Gasteiger partial charge in [-0.15, -0.1) is 10.2 Å². The highest BCUT2D eigenvalue weighted by atomic mass is 32.1. The number of carbonyl (C=O) groups excluding carboxylic acids is 1. The second kappa shape index (κ2) is 9.85. The maximum Gasteiger partial charge on any atom is 0.303 e. The molecule has 182 valence electrons. The van der Waals surface area contributed by atoms with Gasteiger partial charge in [-0.1, -0.05) is 42.0 Å². The first-order chi connectivity index (χ1) is 16.9. The predicted molar refractivity (Wildman–Crippen MR) is 132 cm³/mol. The number of halogens is 1. The van der Waals surface area contributed by atoms with Crippen molar-refractivity contribution in [1.82, 2.24) is 10.2 Å². The van der Waals surface area contributed by atoms with Crippen molar-refractivity contribution in [3.8, 4) is 0 Å². The van der Waals surface area contributed by atoms with Crippen LogP contribution in [0.1, 0.15) is 83.8 Å². The predicted octanol–water partition coefficient (Wildman–Crippen LogP) is 6.15. The Hall–Kier alpha value is -3.13. The molecule has 2 aliphatic rings. The largest absolute Gasteiger partial charge is 0.481 e. The molecular weight excluding hydrogens is 465 g/mol. The number of rotatable bonds is 7. The molecule has 0 bridgehead atoms. The number of aromatic nitrogens is 2. The van der Waals surface area contributed by atoms with Crippen LogP contribution in [0.15, 0.2) is 48.5 Å². The third-order valence-electron chi connectivity index (χ3n) is 7.59. The number of benzene rings is 2. The van der Waals surface area contributed by atoms with Gasteiger partial charge in [0, 0.05) is 17.4 Å². The van der Waals surface area contributed by atoms with Crippen LogP contribution < -0.4 is 5.32 Å². The highest BCUT2D eigenvalue weighted by Gasteiger charge is 2.43. The molecule has 0 saturated heterocycles. The molecule has 1 heterocycles. The lowest BCUT2D eigenvalue weighted by atomic mass is 9.65. The number of amides is 1. The first kappa shape index (κ1) is 23.6. The van der Waals surface area contributed by atoms with E-state index in [1.165, 1.54) is 23.0 Å². The van der Waals surface area contributed by atoms with E-state index < -0.39 is 5.97 Å². The maximum absolute atomic E-state index is 13.8. The molecule has 3 aromatic rings. The Bertz CT molecular complexity index is 1210. The minimum atomic E-state index is -0.719. The van der Waals surface area contributed by atoms with Crippen molar-refractivity contribution in [2.24, 2.45) is 5.92 Å². The van der Waals surface area contributed by atoms with Gasteiger partial charge in [0.1, 0.15) is 10.8 Å². The summed E-state index contributed by atoms with van der Waals surface area (Å²) < 4.78 is 13.8. The van der Waals surface area contributed by atoms with Gasteiger partial charge in [0.2, 0.25) is 5.13 Å². The summed E-state index contributed by atoms with van der Waals surface area (Å²) in [5.74, 6) is -0.542. The zero-order valence-electron chi connectivity index (χ0n) is 19.4. The summed E-state index contributed by atoms with van der Waals surface area (Å²) in [4.78, 5) is 23.8. The van der Waals surface area contributed by atoms with E-state index in [1.807, 2.05) is 30.3 Å². The molecule has 1 amide bonds. The van der Waals surface area contributed by atoms with E-state index in [9.17, 15) is 14.0 Å². The van der Waals surface area contributed by atoms with Crippen molar-refractivity contribution >= 4 is 28.3 Å². The van der Waals surface area contributed by atoms with E-state index in [2.05, 4.69) is 15.5 Å². The van der Waals surface area contributed by atoms with Crippen molar-refractivity contribution < 1.29 is 19.1 Å². The molecular formula is C27H28FN3O3S. The quantitative estimate of drug-likeness (QED) is 0.412. The zero-order valence-corrected chi connectivity index (χ0v) is 20.2. The van der Waals surface area contributed by atoms with E-state index in [4.69, 9.17) is 5.11 Å². The fourth-order valence-electron chi connectivity index (χ4n) is 5.43. The Balaban J connectivity index is 1.22. The van der Waals surface area contributed by atoms with Gasteiger partial charge in [0.25, 0.3) is 5.91 Å². The molecule has 0 spiro atoms. The highest BCUT2D eigenvalue weighted by Crippen LogP contribution is 2.50. The molecule has 2 aliphatic carbocycles. The summed E-state index contributed by atoms with van der Waals surface area (Å²) in [6.45, 7) is 0. The number of aliphatic carboxylic acids is 1. The molecule has 8 heteroatoms. The number of carboxylic acid groups (broad SMARTS) is 1. The van der Waals surface area contributed by atoms with Crippen molar-refractivity contribution in [1.29, 1.82) is 0 Å². The van der Waals surface area contributed by atoms with Crippen molar-refractivity contribution in [2.75, 3.05) is 5.32 Å². The van der Waals surface area contributed by atoms with Crippen molar-refractivity contribution in [3.63, 3.8) is 0 Å². The number of carbonyl (C=O) groups is 2. The normalized spacial score (nSPS) is 21.2. The van der Waals surface area contributed by atoms with Crippen molar-refractivity contribution in [3.05, 3.63) is 76.0 Å². The Morgan fingerprint density at radius 3 is 2.43 bits per heavy atom. The summed E-state index contributed by atoms with van der Waals surface area (Å²) in [5, 5.41) is 21.7. The van der Waals surface area contributed by atoms with Gasteiger partial charge in [-0.25, -0.2) is 4.39 Å². The van der Waals surface area contributed by atoms with E-state index in [-0.39, 0.29) is 29.5 Å². The number of carboxylic acids is 1. The molecule has 2 saturated carbocycles. The SMILES string of the molecule is O=C(O)CC1CCC(c2ccc(C(=O)Nc3nnc(C4(c5cccc(F)c5)CCC4)s3)cc2)CC1. The van der Waals surface area contributed by atoms with Crippen LogP contribution in [-0.4, -0.2) is 27.2 Å². The van der Waals surface area contributed by atoms with Gasteiger partial charge >= 0.3 is 5.97 Å². The molecule has 0 atom stereocenters. The molecule has 0 aliphatic heterocycles. The Morgan fingerprint density at radius 2 is 1.80 bits per heavy atom. The summed E-state index contributed by atoms with van der Waals surface area (Å²) in [6.07, 6.45) is 6.88. The molecule has 5 rings (SSSR count). The lowest BCUT2D eigenvalue weighted by Gasteiger charge is -2.40. The third kappa shape index (κ3) is 4.98. The summed E-state index contributed by atoms with van der Waals surface area (Å²) in [5.41, 5.74) is 2.32. The van der Waals surface area contributed by atoms with Crippen LogP contribution in [0.4, 0.5) is 9.52 Å². The van der Waals surface area contributed by atoms with E-state index in [0.717, 1.165) is 55.5 Å². The molecule has 2 N–H and O–H groups in total. The van der Waals surface area contributed by atoms with Crippen molar-refractivity contribution in [2.45, 2.75) is 62.7 Å². The van der Waals surface area contributed by atoms with Gasteiger partial charge in [0.05, 0.1) is 0 Å². The lowest BCUT2D eigenvalue weighted by molar-refractivity contribution is -0.138. The molecule has 2 aromatic carbocycles. The second-order valence-electron chi connectivity index (χ2n) is 9.75. The smallest absolute Gasteiger partial charge is 0.303 e. The Kier molecular flexibility index (Phi) is 6.65. The second-order valence-corrected chi connectivity index (χ2v) is 10.7. The molecule has 2 fully saturated rings. The monoisotopic (exact) mass is 493 g/mol. The number of nitrogens with zero attached hydrogens (tertiary/aromatic N) is 2. The average Bonchev–Trinajstić information content (AvgIpc) is 3.27. The van der Waals surface area contributed by atoms with Crippen LogP contribution in [0.3, 0.4) is 0 Å². The molecule has 35 heavy (non-hydrogen) atoms. The first-order valence-electron chi connectivity index (χ1n) is 12.2. The highest BCUT2D eigenvalue weighted by molar-refractivity contribution is 7.15. The average molecular weight is 494 g/mol. The zero-order chi connectivity index (χ0) is 24.4. The molecule has 0 unspecified atom stereocenters. The molecule has 1 aromatic heterocycles. The van der Waals surface area contributed by atoms with Crippen LogP contribution >= 0.6 is 11.3 Å². The summed E-state index contributed by atoms with van der Waals surface area (Å²) in [7, 11) is 0. The van der Waals surface area contributed by atoms with Gasteiger partial charge in [-0.05, 0) is 85.8 Å². The number of hydrogen-bond donors (Lipinski definition) is 2. The summed E-state index contributed by atoms with van der Waals surface area (Å²) in [6, 6.07) is 14.3. The maximum atomic E-state index is 13.8. The minimum absolute atomic E-state index is 0.238. The van der Waals surface area contributed by atoms with Gasteiger partial charge < -0.3 is 5.11 Å². The number of nitrogens with one attached hydrogen (secondary N) is 1. The molecule has 0 radical (unpaired) electrons. The molecule has 6 nitrogen and oxygen atoms in total. The Morgan fingerprint density at radius 1 is 1.06 bits per heavy atom. The number of hydrogen-bond acceptors (Lipinski definition) is 5. The lowest BCUT2D eigenvalue weighted by Crippen LogP contribution is -2.35. The van der Waals surface area contributed by atoms with Gasteiger partial charge in [-0.3, -0.25) is 14.9 Å². The minimum Gasteiger partial charge on any atom is -0.481 e. The fraction of sp³-hybridized carbons (Fsp3) is 0.407. The summed E-state index contributed by atoms with van der Waals surface area (Å²) >= 11 is 1.35. The first-order valence-corrected chi connectivity index (χ1v) is 13.0. The van der Waals surface area contributed by atoms with Crippen LogP contribution in [0, 0.1) is 11.7 Å². The standard InChI is InChI=1S/C27H28FN3O3S/c28-22-4-1-3-21(16-22)27(13-2-14-27)25-30-31-26(35-25)29-24(34)20-11-9-19(10-12-20)18-7-5-17(6-8-18)15-23(32)33/h1,3-4,9-12,16-18H,2,5-8,13-15H2,(H,32,33)(H,29,31,34). The van der Waals surface area contributed by atoms with Crippen LogP contribution in [-0.2, 0) is 10.2 Å². The van der Waals surface area contributed by atoms with E-state index in [1.54, 1.807) is 12.1 Å². The van der Waals surface area contributed by atoms with Crippen LogP contribution in [0.2, 0.25) is 0 Å². The topological polar surface area (TPSA) is 92.2 Å². The Labute approximate surface area is 207 Å². The van der Waals surface area contributed by atoms with E-state index >= 15 is 0 Å². The third-order valence-corrected chi connectivity index (χ3v) is 8.64. The van der Waals surface area contributed by atoms with Gasteiger partial charge in [0.15, 0.2) is 0 Å². The fourth-order valence-corrected chi connectivity index (χ4v) is 6.44. The van der Waals surface area contributed by atoms with E-state index in [0.29, 0.717) is 16.6 Å². The van der Waals surface area contributed by atoms with Gasteiger partial charge in [-0.2, -0.15) is 0 Å². The number of anilines is 1. The van der Waals surface area contributed by atoms with Crippen LogP contribution in [0.5, 0.6) is 0 Å². The van der Waals surface area contributed by atoms with Crippen LogP contribution in [0.25, 0.3) is 0 Å².